The highest BCUT2D eigenvalue weighted by Crippen LogP contribution is 2.18. The Bertz CT molecular complexity index is 390. The Kier molecular flexibility index (Phi) is 5.73. The van der Waals surface area contributed by atoms with E-state index >= 15 is 0 Å². The van der Waals surface area contributed by atoms with Gasteiger partial charge >= 0.3 is 0 Å². The van der Waals surface area contributed by atoms with Gasteiger partial charge in [0.2, 0.25) is 5.91 Å². The van der Waals surface area contributed by atoms with E-state index in [9.17, 15) is 4.79 Å². The predicted molar refractivity (Wildman–Crippen MR) is 81.2 cm³/mol. The molecule has 3 nitrogen and oxygen atoms in total. The van der Waals surface area contributed by atoms with Gasteiger partial charge < -0.3 is 10.6 Å². The molecule has 0 aromatic heterocycles. The maximum atomic E-state index is 12.1. The van der Waals surface area contributed by atoms with E-state index < -0.39 is 0 Å². The summed E-state index contributed by atoms with van der Waals surface area (Å²) in [6, 6.07) is 10.6. The van der Waals surface area contributed by atoms with Crippen LogP contribution in [0.4, 0.5) is 0 Å². The molecule has 4 heteroatoms. The molecule has 0 spiro atoms. The standard InChI is InChI=1S/C15H22N2OS/c1-12(19-11-13-6-3-2-4-7-13)15(18)17-14-8-5-9-16-10-14/h2-4,6-7,12,14,16H,5,8-11H2,1H3,(H,17,18)/t12?,14-/m0/s1. The minimum atomic E-state index is 0.00197. The van der Waals surface area contributed by atoms with Crippen LogP contribution in [0, 0.1) is 0 Å². The van der Waals surface area contributed by atoms with Gasteiger partial charge in [-0.05, 0) is 31.9 Å². The van der Waals surface area contributed by atoms with Gasteiger partial charge in [0, 0.05) is 18.3 Å². The number of carbonyl (C=O) groups is 1. The Morgan fingerprint density at radius 2 is 2.26 bits per heavy atom. The lowest BCUT2D eigenvalue weighted by Crippen LogP contribution is -2.47. The van der Waals surface area contributed by atoms with Crippen LogP contribution in [-0.4, -0.2) is 30.3 Å². The highest BCUT2D eigenvalue weighted by atomic mass is 32.2. The van der Waals surface area contributed by atoms with Crippen molar-refractivity contribution in [2.75, 3.05) is 13.1 Å². The largest absolute Gasteiger partial charge is 0.351 e. The molecule has 1 aromatic carbocycles. The van der Waals surface area contributed by atoms with Crippen LogP contribution in [0.5, 0.6) is 0 Å². The van der Waals surface area contributed by atoms with Gasteiger partial charge in [-0.25, -0.2) is 0 Å². The Morgan fingerprint density at radius 3 is 2.95 bits per heavy atom. The van der Waals surface area contributed by atoms with Gasteiger partial charge in [0.05, 0.1) is 5.25 Å². The first-order chi connectivity index (χ1) is 9.25. The third kappa shape index (κ3) is 4.88. The average molecular weight is 278 g/mol. The van der Waals surface area contributed by atoms with Crippen LogP contribution < -0.4 is 10.6 Å². The first-order valence-corrected chi connectivity index (χ1v) is 7.97. The van der Waals surface area contributed by atoms with E-state index in [4.69, 9.17) is 0 Å². The molecule has 2 rings (SSSR count). The predicted octanol–water partition coefficient (Wildman–Crippen LogP) is 2.18. The van der Waals surface area contributed by atoms with E-state index in [2.05, 4.69) is 22.8 Å². The monoisotopic (exact) mass is 278 g/mol. The molecule has 1 fully saturated rings. The Hall–Kier alpha value is -1.00. The average Bonchev–Trinajstić information content (AvgIpc) is 2.47. The van der Waals surface area contributed by atoms with Crippen LogP contribution in [0.25, 0.3) is 0 Å². The minimum absolute atomic E-state index is 0.00197. The molecule has 0 saturated carbocycles. The molecule has 2 N–H and O–H groups in total. The first kappa shape index (κ1) is 14.4. The first-order valence-electron chi connectivity index (χ1n) is 6.92. The summed E-state index contributed by atoms with van der Waals surface area (Å²) in [7, 11) is 0. The zero-order chi connectivity index (χ0) is 13.5. The summed E-state index contributed by atoms with van der Waals surface area (Å²) in [5, 5.41) is 6.45. The SMILES string of the molecule is CC(SCc1ccccc1)C(=O)N[C@H]1CCCNC1. The molecule has 1 aliphatic rings. The fourth-order valence-corrected chi connectivity index (χ4v) is 3.02. The Labute approximate surface area is 119 Å². The number of benzene rings is 1. The number of hydrogen-bond acceptors (Lipinski definition) is 3. The quantitative estimate of drug-likeness (QED) is 0.867. The van der Waals surface area contributed by atoms with Gasteiger partial charge in [-0.1, -0.05) is 30.3 Å². The lowest BCUT2D eigenvalue weighted by molar-refractivity contribution is -0.121. The van der Waals surface area contributed by atoms with Gasteiger partial charge in [-0.3, -0.25) is 4.79 Å². The van der Waals surface area contributed by atoms with Crippen molar-refractivity contribution in [2.24, 2.45) is 0 Å². The van der Waals surface area contributed by atoms with Gasteiger partial charge in [-0.15, -0.1) is 11.8 Å². The van der Waals surface area contributed by atoms with Crippen molar-refractivity contribution in [1.29, 1.82) is 0 Å². The van der Waals surface area contributed by atoms with Crippen molar-refractivity contribution in [3.63, 3.8) is 0 Å². The summed E-state index contributed by atoms with van der Waals surface area (Å²) >= 11 is 1.69. The lowest BCUT2D eigenvalue weighted by Gasteiger charge is -2.25. The van der Waals surface area contributed by atoms with Crippen LogP contribution in [-0.2, 0) is 10.5 Å². The zero-order valence-electron chi connectivity index (χ0n) is 11.4. The summed E-state index contributed by atoms with van der Waals surface area (Å²) in [4.78, 5) is 12.1. The molecular weight excluding hydrogens is 256 g/mol. The molecule has 1 heterocycles. The van der Waals surface area contributed by atoms with Crippen molar-refractivity contribution in [1.82, 2.24) is 10.6 Å². The van der Waals surface area contributed by atoms with Gasteiger partial charge in [0.1, 0.15) is 0 Å². The van der Waals surface area contributed by atoms with E-state index in [0.717, 1.165) is 31.7 Å². The summed E-state index contributed by atoms with van der Waals surface area (Å²) in [5.74, 6) is 1.05. The van der Waals surface area contributed by atoms with E-state index in [1.165, 1.54) is 5.56 Å². The number of piperidine rings is 1. The second-order valence-electron chi connectivity index (χ2n) is 4.99. The van der Waals surface area contributed by atoms with E-state index in [-0.39, 0.29) is 11.2 Å². The van der Waals surface area contributed by atoms with Gasteiger partial charge in [-0.2, -0.15) is 0 Å². The second-order valence-corrected chi connectivity index (χ2v) is 6.32. The van der Waals surface area contributed by atoms with Crippen LogP contribution in [0.15, 0.2) is 30.3 Å². The number of thioether (sulfide) groups is 1. The number of amides is 1. The summed E-state index contributed by atoms with van der Waals surface area (Å²) < 4.78 is 0. The zero-order valence-corrected chi connectivity index (χ0v) is 12.2. The summed E-state index contributed by atoms with van der Waals surface area (Å²) in [6.07, 6.45) is 2.24. The molecule has 0 aliphatic carbocycles. The third-order valence-corrected chi connectivity index (χ3v) is 4.57. The number of hydrogen-bond donors (Lipinski definition) is 2. The van der Waals surface area contributed by atoms with Gasteiger partial charge in [0.15, 0.2) is 0 Å². The highest BCUT2D eigenvalue weighted by molar-refractivity contribution is 7.99. The van der Waals surface area contributed by atoms with Crippen molar-refractivity contribution >= 4 is 17.7 Å². The molecule has 1 unspecified atom stereocenters. The van der Waals surface area contributed by atoms with E-state index in [0.29, 0.717) is 6.04 Å². The lowest BCUT2D eigenvalue weighted by atomic mass is 10.1. The summed E-state index contributed by atoms with van der Waals surface area (Å²) in [5.41, 5.74) is 1.27. The number of carbonyl (C=O) groups excluding carboxylic acids is 1. The maximum Gasteiger partial charge on any atom is 0.233 e. The normalized spacial score (nSPS) is 20.8. The van der Waals surface area contributed by atoms with Crippen LogP contribution in [0.2, 0.25) is 0 Å². The number of rotatable bonds is 5. The Morgan fingerprint density at radius 1 is 1.47 bits per heavy atom. The maximum absolute atomic E-state index is 12.1. The molecule has 1 amide bonds. The third-order valence-electron chi connectivity index (χ3n) is 3.36. The van der Waals surface area contributed by atoms with Crippen molar-refractivity contribution < 1.29 is 4.79 Å². The van der Waals surface area contributed by atoms with E-state index in [1.807, 2.05) is 25.1 Å². The van der Waals surface area contributed by atoms with Crippen molar-refractivity contribution in [3.8, 4) is 0 Å². The fraction of sp³-hybridized carbons (Fsp3) is 0.533. The van der Waals surface area contributed by atoms with Crippen LogP contribution >= 0.6 is 11.8 Å². The van der Waals surface area contributed by atoms with Gasteiger partial charge in [0.25, 0.3) is 0 Å². The van der Waals surface area contributed by atoms with Crippen molar-refractivity contribution in [2.45, 2.75) is 36.8 Å². The minimum Gasteiger partial charge on any atom is -0.351 e. The summed E-state index contributed by atoms with van der Waals surface area (Å²) in [6.45, 7) is 3.96. The second kappa shape index (κ2) is 7.56. The van der Waals surface area contributed by atoms with Crippen LogP contribution in [0.3, 0.4) is 0 Å². The molecular formula is C15H22N2OS. The molecule has 2 atom stereocenters. The molecule has 104 valence electrons. The molecule has 1 aliphatic heterocycles. The van der Waals surface area contributed by atoms with E-state index in [1.54, 1.807) is 11.8 Å². The topological polar surface area (TPSA) is 41.1 Å². The molecule has 0 bridgehead atoms. The Balaban J connectivity index is 1.72. The molecule has 0 radical (unpaired) electrons. The molecule has 19 heavy (non-hydrogen) atoms. The highest BCUT2D eigenvalue weighted by Gasteiger charge is 2.19. The van der Waals surface area contributed by atoms with Crippen LogP contribution in [0.1, 0.15) is 25.3 Å². The number of nitrogens with one attached hydrogen (secondary N) is 2. The molecule has 1 aromatic rings. The molecule has 1 saturated heterocycles. The smallest absolute Gasteiger partial charge is 0.233 e. The fourth-order valence-electron chi connectivity index (χ4n) is 2.16. The van der Waals surface area contributed by atoms with Crippen molar-refractivity contribution in [3.05, 3.63) is 35.9 Å².